The van der Waals surface area contributed by atoms with Crippen LogP contribution in [0.5, 0.6) is 0 Å². The van der Waals surface area contributed by atoms with Gasteiger partial charge in [0.25, 0.3) is 0 Å². The summed E-state index contributed by atoms with van der Waals surface area (Å²) < 4.78 is 0. The van der Waals surface area contributed by atoms with Gasteiger partial charge in [0.05, 0.1) is 0 Å². The zero-order valence-electron chi connectivity index (χ0n) is 11.6. The summed E-state index contributed by atoms with van der Waals surface area (Å²) in [6, 6.07) is -0.450. The van der Waals surface area contributed by atoms with Crippen LogP contribution < -0.4 is 5.43 Å². The fourth-order valence-corrected chi connectivity index (χ4v) is 2.39. The summed E-state index contributed by atoms with van der Waals surface area (Å²) in [4.78, 5) is 27.9. The minimum absolute atomic E-state index is 0.260. The molecule has 0 aromatic heterocycles. The third-order valence-electron chi connectivity index (χ3n) is 2.76. The number of carboxylic acids is 1. The Morgan fingerprint density at radius 2 is 2.16 bits per heavy atom. The van der Waals surface area contributed by atoms with Crippen molar-refractivity contribution in [3.05, 3.63) is 0 Å². The van der Waals surface area contributed by atoms with Crippen LogP contribution in [0.25, 0.3) is 0 Å². The van der Waals surface area contributed by atoms with Gasteiger partial charge in [0.15, 0.2) is 4.99 Å². The molecule has 7 nitrogen and oxygen atoms in total. The lowest BCUT2D eigenvalue weighted by molar-refractivity contribution is -0.130. The van der Waals surface area contributed by atoms with Gasteiger partial charge in [-0.05, 0) is 19.1 Å². The molecular formula is C11H20N4O3S. The fraction of sp³-hybridized carbons (Fsp3) is 0.727. The number of hydrogen-bond donors (Lipinski definition) is 2. The minimum Gasteiger partial charge on any atom is -0.475 e. The number of nitrogens with one attached hydrogen (secondary N) is 1. The zero-order valence-corrected chi connectivity index (χ0v) is 12.5. The number of thioether (sulfide) groups is 1. The van der Waals surface area contributed by atoms with Crippen molar-refractivity contribution in [1.29, 1.82) is 0 Å². The monoisotopic (exact) mass is 288 g/mol. The van der Waals surface area contributed by atoms with E-state index in [1.54, 1.807) is 14.1 Å². The van der Waals surface area contributed by atoms with Gasteiger partial charge in [-0.25, -0.2) is 14.6 Å². The van der Waals surface area contributed by atoms with Gasteiger partial charge in [0, 0.05) is 14.1 Å². The highest BCUT2D eigenvalue weighted by molar-refractivity contribution is 7.99. The first kappa shape index (κ1) is 15.8. The molecule has 1 atom stereocenters. The average Bonchev–Trinajstić information content (AvgIpc) is 2.76. The molecule has 2 N–H and O–H groups in total. The molecule has 0 aromatic carbocycles. The van der Waals surface area contributed by atoms with E-state index in [1.165, 1.54) is 16.7 Å². The number of urea groups is 1. The van der Waals surface area contributed by atoms with Crippen LogP contribution in [0.4, 0.5) is 4.79 Å². The summed E-state index contributed by atoms with van der Waals surface area (Å²) in [6.07, 6.45) is 4.38. The molecule has 1 unspecified atom stereocenters. The minimum atomic E-state index is -1.21. The predicted molar refractivity (Wildman–Crippen MR) is 74.9 cm³/mol. The first-order chi connectivity index (χ1) is 8.87. The standard InChI is InChI=1S/C11H20N4O3S/c1-5-6-7-11(19-4)12-8(9(16)17)15(13-11)10(18)14(2)3/h13H,5-7H2,1-4H3,(H,16,17). The molecule has 0 bridgehead atoms. The van der Waals surface area contributed by atoms with Crippen LogP contribution in [0.1, 0.15) is 26.2 Å². The molecule has 0 fully saturated rings. The summed E-state index contributed by atoms with van der Waals surface area (Å²) in [5.74, 6) is -1.47. The van der Waals surface area contributed by atoms with Crippen LogP contribution in [-0.2, 0) is 4.79 Å². The number of carboxylic acid groups (broad SMARTS) is 1. The molecule has 0 saturated carbocycles. The Labute approximate surface area is 117 Å². The van der Waals surface area contributed by atoms with E-state index in [0.29, 0.717) is 6.42 Å². The van der Waals surface area contributed by atoms with E-state index in [1.807, 2.05) is 13.2 Å². The molecule has 0 saturated heterocycles. The van der Waals surface area contributed by atoms with Gasteiger partial charge in [-0.3, -0.25) is 0 Å². The zero-order chi connectivity index (χ0) is 14.6. The van der Waals surface area contributed by atoms with Gasteiger partial charge >= 0.3 is 12.0 Å². The van der Waals surface area contributed by atoms with Crippen LogP contribution in [0.3, 0.4) is 0 Å². The van der Waals surface area contributed by atoms with E-state index >= 15 is 0 Å². The van der Waals surface area contributed by atoms with Crippen LogP contribution in [0.15, 0.2) is 4.99 Å². The number of amides is 2. The topological polar surface area (TPSA) is 85.2 Å². The summed E-state index contributed by atoms with van der Waals surface area (Å²) >= 11 is 1.40. The lowest BCUT2D eigenvalue weighted by atomic mass is 10.2. The van der Waals surface area contributed by atoms with Gasteiger partial charge in [-0.2, -0.15) is 10.4 Å². The summed E-state index contributed by atoms with van der Waals surface area (Å²) in [7, 11) is 3.13. The van der Waals surface area contributed by atoms with Crippen LogP contribution >= 0.6 is 11.8 Å². The maximum absolute atomic E-state index is 12.0. The Morgan fingerprint density at radius 3 is 2.58 bits per heavy atom. The van der Waals surface area contributed by atoms with Crippen molar-refractivity contribution in [1.82, 2.24) is 15.3 Å². The lowest BCUT2D eigenvalue weighted by Gasteiger charge is -2.28. The Balaban J connectivity index is 3.02. The number of carbonyl (C=O) groups is 2. The number of hydrogen-bond acceptors (Lipinski definition) is 5. The van der Waals surface area contributed by atoms with Crippen molar-refractivity contribution in [3.63, 3.8) is 0 Å². The first-order valence-electron chi connectivity index (χ1n) is 6.04. The largest absolute Gasteiger partial charge is 0.475 e. The van der Waals surface area contributed by atoms with E-state index in [9.17, 15) is 14.7 Å². The third kappa shape index (κ3) is 3.38. The molecule has 0 aliphatic carbocycles. The van der Waals surface area contributed by atoms with Crippen LogP contribution in [-0.4, -0.2) is 58.2 Å². The highest BCUT2D eigenvalue weighted by Crippen LogP contribution is 2.32. The number of aliphatic carboxylic acids is 1. The second-order valence-corrected chi connectivity index (χ2v) is 5.54. The van der Waals surface area contributed by atoms with E-state index in [2.05, 4.69) is 10.4 Å². The molecular weight excluding hydrogens is 268 g/mol. The average molecular weight is 288 g/mol. The van der Waals surface area contributed by atoms with Gasteiger partial charge in [-0.1, -0.05) is 13.3 Å². The van der Waals surface area contributed by atoms with E-state index in [4.69, 9.17) is 0 Å². The van der Waals surface area contributed by atoms with Gasteiger partial charge < -0.3 is 10.0 Å². The van der Waals surface area contributed by atoms with Crippen molar-refractivity contribution >= 4 is 29.6 Å². The van der Waals surface area contributed by atoms with E-state index in [0.717, 1.165) is 17.9 Å². The van der Waals surface area contributed by atoms with E-state index < -0.39 is 17.0 Å². The Kier molecular flexibility index (Phi) is 5.19. The molecule has 8 heteroatoms. The predicted octanol–water partition coefficient (Wildman–Crippen LogP) is 1.18. The van der Waals surface area contributed by atoms with Crippen LogP contribution in [0.2, 0.25) is 0 Å². The SMILES string of the molecule is CCCCC1(SC)N=C(C(=O)O)N(C(=O)N(C)C)N1. The quantitative estimate of drug-likeness (QED) is 0.793. The maximum atomic E-state index is 12.0. The van der Waals surface area contributed by atoms with Crippen molar-refractivity contribution in [3.8, 4) is 0 Å². The number of aliphatic imine (C=N–C) groups is 1. The summed E-state index contributed by atoms with van der Waals surface area (Å²) in [6.45, 7) is 2.05. The Morgan fingerprint density at radius 1 is 1.53 bits per heavy atom. The van der Waals surface area contributed by atoms with Crippen molar-refractivity contribution < 1.29 is 14.7 Å². The summed E-state index contributed by atoms with van der Waals surface area (Å²) in [5.41, 5.74) is 2.92. The van der Waals surface area contributed by atoms with Gasteiger partial charge in [-0.15, -0.1) is 11.8 Å². The fourth-order valence-electron chi connectivity index (χ4n) is 1.68. The molecule has 0 radical (unpaired) electrons. The molecule has 108 valence electrons. The number of nitrogens with zero attached hydrogens (tertiary/aromatic N) is 3. The number of carbonyl (C=O) groups excluding carboxylic acids is 1. The number of unbranched alkanes of at least 4 members (excludes halogenated alkanes) is 1. The first-order valence-corrected chi connectivity index (χ1v) is 7.27. The highest BCUT2D eigenvalue weighted by Gasteiger charge is 2.43. The number of amidine groups is 1. The van der Waals surface area contributed by atoms with E-state index in [-0.39, 0.29) is 5.84 Å². The smallest absolute Gasteiger partial charge is 0.373 e. The second-order valence-electron chi connectivity index (χ2n) is 4.46. The molecule has 1 aliphatic rings. The summed E-state index contributed by atoms with van der Waals surface area (Å²) in [5, 5.41) is 10.2. The number of hydrazine groups is 1. The lowest BCUT2D eigenvalue weighted by Crippen LogP contribution is -2.53. The molecule has 1 heterocycles. The maximum Gasteiger partial charge on any atom is 0.373 e. The third-order valence-corrected chi connectivity index (χ3v) is 3.82. The molecule has 0 spiro atoms. The Hall–Kier alpha value is -1.28. The highest BCUT2D eigenvalue weighted by atomic mass is 32.2. The molecule has 1 aliphatic heterocycles. The van der Waals surface area contributed by atoms with Crippen molar-refractivity contribution in [2.45, 2.75) is 31.2 Å². The molecule has 0 aromatic rings. The van der Waals surface area contributed by atoms with Crippen molar-refractivity contribution in [2.75, 3.05) is 20.4 Å². The van der Waals surface area contributed by atoms with Gasteiger partial charge in [0.2, 0.25) is 5.84 Å². The second kappa shape index (κ2) is 6.25. The molecule has 1 rings (SSSR count). The molecule has 19 heavy (non-hydrogen) atoms. The van der Waals surface area contributed by atoms with Gasteiger partial charge in [0.1, 0.15) is 0 Å². The number of rotatable bonds is 5. The van der Waals surface area contributed by atoms with Crippen LogP contribution in [0, 0.1) is 0 Å². The van der Waals surface area contributed by atoms with Crippen molar-refractivity contribution in [2.24, 2.45) is 4.99 Å². The Bertz CT molecular complexity index is 399. The molecule has 2 amide bonds. The normalized spacial score (nSPS) is 22.3.